The fourth-order valence-electron chi connectivity index (χ4n) is 0. The third-order valence-electron chi connectivity index (χ3n) is 0.243. The van der Waals surface area contributed by atoms with Gasteiger partial charge in [0.25, 0.3) is 0 Å². The molecule has 0 aromatic rings. The third-order valence-corrected chi connectivity index (χ3v) is 0.243. The van der Waals surface area contributed by atoms with Crippen LogP contribution in [0.3, 0.4) is 0 Å². The number of carbonyl (C=O) groups is 2. The van der Waals surface area contributed by atoms with Gasteiger partial charge in [-0.05, 0) is 0 Å². The van der Waals surface area contributed by atoms with Crippen LogP contribution in [0.1, 0.15) is 0 Å². The summed E-state index contributed by atoms with van der Waals surface area (Å²) in [5, 5.41) is 0. The minimum absolute atomic E-state index is 0. The molecule has 0 heterocycles. The Morgan fingerprint density at radius 2 is 1.12 bits per heavy atom. The molecule has 0 aliphatic rings. The van der Waals surface area contributed by atoms with Crippen LogP contribution in [0.25, 0.3) is 0 Å². The summed E-state index contributed by atoms with van der Waals surface area (Å²) in [5.74, 6) is -2.20. The molecule has 0 saturated heterocycles. The molecule has 8 heavy (non-hydrogen) atoms. The predicted octanol–water partition coefficient (Wildman–Crippen LogP) is -5.04. The Bertz CT molecular complexity index is 84.0. The van der Waals surface area contributed by atoms with Crippen LogP contribution >= 0.6 is 0 Å². The second-order valence-corrected chi connectivity index (χ2v) is 0.729. The largest absolute Gasteiger partial charge is 1.00 e. The Labute approximate surface area is 55.4 Å². The number of rotatable bonds is 0. The first-order valence-corrected chi connectivity index (χ1v) is 1.24. The number of amides is 2. The van der Waals surface area contributed by atoms with Crippen LogP contribution in [-0.4, -0.2) is 11.8 Å². The molecule has 0 unspecified atom stereocenters. The van der Waals surface area contributed by atoms with Gasteiger partial charge in [-0.15, -0.1) is 0 Å². The van der Waals surface area contributed by atoms with Gasteiger partial charge in [-0.25, -0.2) is 0 Å². The van der Waals surface area contributed by atoms with E-state index in [-0.39, 0.29) is 21.8 Å². The normalized spacial score (nSPS) is 5.50. The summed E-state index contributed by atoms with van der Waals surface area (Å²) < 4.78 is 0. The van der Waals surface area contributed by atoms with Gasteiger partial charge in [0.05, 0.1) is 0 Å². The van der Waals surface area contributed by atoms with Gasteiger partial charge in [0.1, 0.15) is 0 Å². The molecule has 0 saturated carbocycles. The molecule has 4 nitrogen and oxygen atoms in total. The molecule has 0 aliphatic carbocycles. The fraction of sp³-hybridized carbons (Fsp3) is 0. The topological polar surface area (TPSA) is 86.2 Å². The number of carbonyl (C=O) groups excluding carboxylic acids is 2. The molecule has 0 bridgehead atoms. The van der Waals surface area contributed by atoms with Crippen molar-refractivity contribution >= 4 is 11.8 Å². The van der Waals surface area contributed by atoms with Gasteiger partial charge < -0.3 is 16.2 Å². The summed E-state index contributed by atoms with van der Waals surface area (Å²) in [6, 6.07) is 0. The smallest absolute Gasteiger partial charge is 1.00 e. The predicted molar refractivity (Wildman–Crippen MR) is 18.4 cm³/mol. The number of primary amides is 2. The number of halogens is 1. The van der Waals surface area contributed by atoms with Gasteiger partial charge in [0, 0.05) is 0 Å². The van der Waals surface area contributed by atoms with Gasteiger partial charge in [0.15, 0.2) is 0 Å². The van der Waals surface area contributed by atoms with Gasteiger partial charge in [-0.2, -0.15) is 0 Å². The quantitative estimate of drug-likeness (QED) is 0.282. The summed E-state index contributed by atoms with van der Waals surface area (Å²) in [6.07, 6.45) is 0. The van der Waals surface area contributed by atoms with Crippen LogP contribution in [0.2, 0.25) is 0 Å². The van der Waals surface area contributed by atoms with E-state index in [2.05, 4.69) is 11.5 Å². The molecule has 0 aromatic heterocycles. The van der Waals surface area contributed by atoms with Crippen LogP contribution in [0.4, 0.5) is 0 Å². The average Bonchev–Trinajstić information content (AvgIpc) is 1.36. The van der Waals surface area contributed by atoms with Crippen LogP contribution in [-0.2, 0) is 26.7 Å². The van der Waals surface area contributed by atoms with Gasteiger partial charge in [-0.3, -0.25) is 9.59 Å². The van der Waals surface area contributed by atoms with E-state index in [4.69, 9.17) is 0 Å². The Morgan fingerprint density at radius 1 is 1.00 bits per heavy atom. The molecular weight excluding hydrogens is 167 g/mol. The minimum atomic E-state index is -1.10. The van der Waals surface area contributed by atoms with Crippen molar-refractivity contribution < 1.29 is 31.4 Å². The number of hydrogen-bond donors (Lipinski definition) is 2. The van der Waals surface area contributed by atoms with Crippen LogP contribution in [0, 0.1) is 0 Å². The first-order chi connectivity index (χ1) is 2.64. The maximum atomic E-state index is 9.45. The zero-order valence-corrected chi connectivity index (χ0v) is 4.59. The zero-order valence-electron chi connectivity index (χ0n) is 3.65. The summed E-state index contributed by atoms with van der Waals surface area (Å²) in [5.41, 5.74) is 8.64. The van der Waals surface area contributed by atoms with Crippen molar-refractivity contribution in [2.45, 2.75) is 0 Å². The Hall–Kier alpha value is -0.611. The number of hydrogen-bond acceptors (Lipinski definition) is 2. The fourth-order valence-corrected chi connectivity index (χ4v) is 0. The van der Waals surface area contributed by atoms with Crippen molar-refractivity contribution in [3.8, 4) is 0 Å². The van der Waals surface area contributed by atoms with Gasteiger partial charge in [0.2, 0.25) is 0 Å². The summed E-state index contributed by atoms with van der Waals surface area (Å²) in [7, 11) is 0. The molecule has 0 fully saturated rings. The van der Waals surface area contributed by atoms with E-state index in [1.165, 1.54) is 0 Å². The minimum Gasteiger partial charge on any atom is -1.00 e. The monoisotopic (exact) mass is 170 g/mol. The van der Waals surface area contributed by atoms with Crippen LogP contribution in [0.5, 0.6) is 0 Å². The molecule has 0 aromatic carbocycles. The summed E-state index contributed by atoms with van der Waals surface area (Å²) in [6.45, 7) is 0. The van der Waals surface area contributed by atoms with E-state index in [0.717, 1.165) is 0 Å². The molecule has 2 amide bonds. The average molecular weight is 171 g/mol. The van der Waals surface area contributed by atoms with Crippen LogP contribution < -0.4 is 16.2 Å². The van der Waals surface area contributed by atoms with Crippen molar-refractivity contribution in [1.82, 2.24) is 0 Å². The molecule has 0 atom stereocenters. The van der Waals surface area contributed by atoms with Crippen LogP contribution in [0.15, 0.2) is 0 Å². The summed E-state index contributed by atoms with van der Waals surface area (Å²) >= 11 is 0. The summed E-state index contributed by atoms with van der Waals surface area (Å²) in [4.78, 5) is 18.9. The van der Waals surface area contributed by atoms with E-state index in [1.807, 2.05) is 0 Å². The first kappa shape index (κ1) is 15.7. The molecule has 0 radical (unpaired) electrons. The maximum absolute atomic E-state index is 9.45. The van der Waals surface area contributed by atoms with Crippen molar-refractivity contribution in [3.05, 3.63) is 0 Å². The second-order valence-electron chi connectivity index (χ2n) is 0.729. The van der Waals surface area contributed by atoms with Crippen molar-refractivity contribution in [2.24, 2.45) is 11.5 Å². The second kappa shape index (κ2) is 6.39. The Balaban J connectivity index is -0.000000125. The van der Waals surface area contributed by atoms with Crippen molar-refractivity contribution in [3.63, 3.8) is 0 Å². The van der Waals surface area contributed by atoms with Gasteiger partial charge in [-0.1, -0.05) is 0 Å². The third kappa shape index (κ3) is 9.04. The van der Waals surface area contributed by atoms with Gasteiger partial charge >= 0.3 is 28.9 Å². The molecule has 4 N–H and O–H groups in total. The molecule has 0 spiro atoms. The number of nitrogens with two attached hydrogens (primary N) is 2. The maximum Gasteiger partial charge on any atom is 1.00 e. The Morgan fingerprint density at radius 3 is 1.12 bits per heavy atom. The van der Waals surface area contributed by atoms with Crippen molar-refractivity contribution in [1.29, 1.82) is 0 Å². The van der Waals surface area contributed by atoms with E-state index in [1.54, 1.807) is 0 Å². The molecule has 6 heteroatoms. The standard InChI is InChI=1S/C2H4N2O2.Cu.FH/c3-1(5)2(4)6;;/h(H2,3,5)(H2,4,6);;1H/q;+1;/p-1. The zero-order chi connectivity index (χ0) is 5.15. The Kier molecular flexibility index (Phi) is 12.5. The first-order valence-electron chi connectivity index (χ1n) is 1.24. The molecule has 52 valence electrons. The van der Waals surface area contributed by atoms with E-state index in [9.17, 15) is 9.59 Å². The molecule has 0 aliphatic heterocycles. The molecular formula is C2H4CuFN2O2. The van der Waals surface area contributed by atoms with E-state index < -0.39 is 11.8 Å². The van der Waals surface area contributed by atoms with Crippen molar-refractivity contribution in [2.75, 3.05) is 0 Å². The molecule has 0 rings (SSSR count). The van der Waals surface area contributed by atoms with E-state index in [0.29, 0.717) is 0 Å². The van der Waals surface area contributed by atoms with E-state index >= 15 is 0 Å². The SMILES string of the molecule is NC(=O)C(N)=O.[Cu+].[F-].